The molecule has 16 heavy (non-hydrogen) atoms. The van der Waals surface area contributed by atoms with E-state index >= 15 is 0 Å². The van der Waals surface area contributed by atoms with Crippen LogP contribution in [0.3, 0.4) is 0 Å². The molecule has 5 heteroatoms. The molecule has 0 amide bonds. The average Bonchev–Trinajstić information content (AvgIpc) is 2.64. The minimum Gasteiger partial charge on any atom is -0.380 e. The van der Waals surface area contributed by atoms with Crippen molar-refractivity contribution in [3.8, 4) is 0 Å². The molecule has 1 heterocycles. The molecular formula is C11H22N4O. The van der Waals surface area contributed by atoms with E-state index < -0.39 is 0 Å². The van der Waals surface area contributed by atoms with Crippen LogP contribution in [-0.2, 0) is 18.3 Å². The lowest BCUT2D eigenvalue weighted by Crippen LogP contribution is -2.38. The predicted octanol–water partition coefficient (Wildman–Crippen LogP) is 0.966. The lowest BCUT2D eigenvalue weighted by atomic mass is 10.1. The van der Waals surface area contributed by atoms with Crippen molar-refractivity contribution in [1.82, 2.24) is 20.1 Å². The first-order valence-electron chi connectivity index (χ1n) is 5.79. The van der Waals surface area contributed by atoms with Gasteiger partial charge in [0, 0.05) is 19.7 Å². The highest BCUT2D eigenvalue weighted by molar-refractivity contribution is 4.85. The summed E-state index contributed by atoms with van der Waals surface area (Å²) in [6, 6.07) is 0.358. The van der Waals surface area contributed by atoms with Crippen molar-refractivity contribution in [2.45, 2.75) is 33.4 Å². The summed E-state index contributed by atoms with van der Waals surface area (Å²) in [5.41, 5.74) is 0. The molecule has 0 bridgehead atoms. The van der Waals surface area contributed by atoms with Gasteiger partial charge in [0.15, 0.2) is 0 Å². The fourth-order valence-corrected chi connectivity index (χ4v) is 1.42. The Morgan fingerprint density at radius 2 is 2.25 bits per heavy atom. The Morgan fingerprint density at radius 1 is 1.50 bits per heavy atom. The molecule has 0 spiro atoms. The van der Waals surface area contributed by atoms with E-state index in [0.717, 1.165) is 25.6 Å². The predicted molar refractivity (Wildman–Crippen MR) is 63.0 cm³/mol. The first kappa shape index (κ1) is 13.1. The zero-order valence-corrected chi connectivity index (χ0v) is 10.6. The summed E-state index contributed by atoms with van der Waals surface area (Å²) in [5.74, 6) is 1.49. The molecular weight excluding hydrogens is 204 g/mol. The van der Waals surface area contributed by atoms with Gasteiger partial charge in [0.2, 0.25) is 0 Å². The summed E-state index contributed by atoms with van der Waals surface area (Å²) in [6.45, 7) is 8.62. The van der Waals surface area contributed by atoms with Gasteiger partial charge in [0.1, 0.15) is 12.2 Å². The number of rotatable bonds is 7. The van der Waals surface area contributed by atoms with Crippen LogP contribution < -0.4 is 5.32 Å². The van der Waals surface area contributed by atoms with Crippen LogP contribution in [0.2, 0.25) is 0 Å². The molecule has 1 aromatic heterocycles. The van der Waals surface area contributed by atoms with Crippen molar-refractivity contribution >= 4 is 0 Å². The maximum absolute atomic E-state index is 5.45. The van der Waals surface area contributed by atoms with Crippen LogP contribution in [0, 0.1) is 5.92 Å². The van der Waals surface area contributed by atoms with E-state index in [2.05, 4.69) is 29.4 Å². The standard InChI is InChI=1S/C11H22N4O/c1-5-16-7-10(9(2)3)12-6-11-14-13-8-15(11)4/h8-10,12H,5-7H2,1-4H3/t10-/m1/s1. The summed E-state index contributed by atoms with van der Waals surface area (Å²) in [7, 11) is 1.95. The largest absolute Gasteiger partial charge is 0.380 e. The third kappa shape index (κ3) is 3.90. The highest BCUT2D eigenvalue weighted by Crippen LogP contribution is 2.03. The number of hydrogen-bond acceptors (Lipinski definition) is 4. The molecule has 0 aliphatic rings. The van der Waals surface area contributed by atoms with Gasteiger partial charge in [-0.3, -0.25) is 0 Å². The maximum Gasteiger partial charge on any atom is 0.146 e. The normalized spacial score (nSPS) is 13.3. The van der Waals surface area contributed by atoms with Gasteiger partial charge in [-0.1, -0.05) is 13.8 Å². The van der Waals surface area contributed by atoms with Crippen LogP contribution in [-0.4, -0.2) is 34.0 Å². The quantitative estimate of drug-likeness (QED) is 0.752. The Bertz CT molecular complexity index is 298. The molecule has 1 aromatic rings. The van der Waals surface area contributed by atoms with Crippen LogP contribution in [0.25, 0.3) is 0 Å². The Hall–Kier alpha value is -0.940. The van der Waals surface area contributed by atoms with Gasteiger partial charge in [-0.15, -0.1) is 10.2 Å². The van der Waals surface area contributed by atoms with E-state index in [0.29, 0.717) is 12.0 Å². The molecule has 0 aliphatic heterocycles. The number of hydrogen-bond donors (Lipinski definition) is 1. The highest BCUT2D eigenvalue weighted by Gasteiger charge is 2.13. The number of aromatic nitrogens is 3. The van der Waals surface area contributed by atoms with Crippen LogP contribution in [0.5, 0.6) is 0 Å². The summed E-state index contributed by atoms with van der Waals surface area (Å²) >= 11 is 0. The lowest BCUT2D eigenvalue weighted by Gasteiger charge is -2.21. The zero-order valence-electron chi connectivity index (χ0n) is 10.6. The van der Waals surface area contributed by atoms with E-state index in [1.54, 1.807) is 6.33 Å². The van der Waals surface area contributed by atoms with Crippen LogP contribution in [0.15, 0.2) is 6.33 Å². The second kappa shape index (κ2) is 6.60. The molecule has 0 unspecified atom stereocenters. The molecule has 1 N–H and O–H groups in total. The number of nitrogens with one attached hydrogen (secondary N) is 1. The van der Waals surface area contributed by atoms with Gasteiger partial charge in [-0.05, 0) is 12.8 Å². The molecule has 92 valence electrons. The molecule has 0 saturated heterocycles. The maximum atomic E-state index is 5.45. The van der Waals surface area contributed by atoms with Crippen molar-refractivity contribution in [3.63, 3.8) is 0 Å². The van der Waals surface area contributed by atoms with E-state index in [4.69, 9.17) is 4.74 Å². The molecule has 5 nitrogen and oxygen atoms in total. The SMILES string of the molecule is CCOC[C@@H](NCc1nncn1C)C(C)C. The van der Waals surface area contributed by atoms with Gasteiger partial charge >= 0.3 is 0 Å². The second-order valence-corrected chi connectivity index (χ2v) is 4.25. The molecule has 0 fully saturated rings. The third-order valence-electron chi connectivity index (χ3n) is 2.63. The fourth-order valence-electron chi connectivity index (χ4n) is 1.42. The Balaban J connectivity index is 2.40. The van der Waals surface area contributed by atoms with Crippen LogP contribution >= 0.6 is 0 Å². The first-order chi connectivity index (χ1) is 7.65. The van der Waals surface area contributed by atoms with Gasteiger partial charge in [-0.2, -0.15) is 0 Å². The molecule has 0 saturated carbocycles. The van der Waals surface area contributed by atoms with E-state index in [-0.39, 0.29) is 0 Å². The number of aryl methyl sites for hydroxylation is 1. The Morgan fingerprint density at radius 3 is 2.75 bits per heavy atom. The van der Waals surface area contributed by atoms with Crippen molar-refractivity contribution < 1.29 is 4.74 Å². The van der Waals surface area contributed by atoms with Crippen molar-refractivity contribution in [1.29, 1.82) is 0 Å². The summed E-state index contributed by atoms with van der Waals surface area (Å²) in [6.07, 6.45) is 1.71. The van der Waals surface area contributed by atoms with E-state index in [9.17, 15) is 0 Å². The zero-order chi connectivity index (χ0) is 12.0. The minimum absolute atomic E-state index is 0.358. The highest BCUT2D eigenvalue weighted by atomic mass is 16.5. The minimum atomic E-state index is 0.358. The molecule has 0 aliphatic carbocycles. The summed E-state index contributed by atoms with van der Waals surface area (Å²) in [5, 5.41) is 11.3. The molecule has 1 rings (SSSR count). The molecule has 0 radical (unpaired) electrons. The number of ether oxygens (including phenoxy) is 1. The fraction of sp³-hybridized carbons (Fsp3) is 0.818. The van der Waals surface area contributed by atoms with Gasteiger partial charge in [0.25, 0.3) is 0 Å². The van der Waals surface area contributed by atoms with Gasteiger partial charge < -0.3 is 14.6 Å². The van der Waals surface area contributed by atoms with Crippen molar-refractivity contribution in [2.75, 3.05) is 13.2 Å². The monoisotopic (exact) mass is 226 g/mol. The van der Waals surface area contributed by atoms with Crippen molar-refractivity contribution in [2.24, 2.45) is 13.0 Å². The smallest absolute Gasteiger partial charge is 0.146 e. The third-order valence-corrected chi connectivity index (χ3v) is 2.63. The Labute approximate surface area is 97.2 Å². The van der Waals surface area contributed by atoms with Gasteiger partial charge in [0.05, 0.1) is 13.2 Å². The lowest BCUT2D eigenvalue weighted by molar-refractivity contribution is 0.107. The molecule has 1 atom stereocenters. The van der Waals surface area contributed by atoms with E-state index in [1.807, 2.05) is 18.5 Å². The van der Waals surface area contributed by atoms with Crippen LogP contribution in [0.4, 0.5) is 0 Å². The van der Waals surface area contributed by atoms with Gasteiger partial charge in [-0.25, -0.2) is 0 Å². The van der Waals surface area contributed by atoms with Crippen LogP contribution in [0.1, 0.15) is 26.6 Å². The number of nitrogens with zero attached hydrogens (tertiary/aromatic N) is 3. The van der Waals surface area contributed by atoms with E-state index in [1.165, 1.54) is 0 Å². The summed E-state index contributed by atoms with van der Waals surface area (Å²) in [4.78, 5) is 0. The average molecular weight is 226 g/mol. The van der Waals surface area contributed by atoms with Crippen molar-refractivity contribution in [3.05, 3.63) is 12.2 Å². The second-order valence-electron chi connectivity index (χ2n) is 4.25. The summed E-state index contributed by atoms with van der Waals surface area (Å²) < 4.78 is 7.37. The molecule has 0 aromatic carbocycles. The topological polar surface area (TPSA) is 52.0 Å². The Kier molecular flexibility index (Phi) is 5.42. The first-order valence-corrected chi connectivity index (χ1v) is 5.79.